The van der Waals surface area contributed by atoms with E-state index < -0.39 is 38.6 Å². The van der Waals surface area contributed by atoms with Gasteiger partial charge in [-0.15, -0.1) is 0 Å². The zero-order valence-corrected chi connectivity index (χ0v) is 26.3. The van der Waals surface area contributed by atoms with Gasteiger partial charge in [0.05, 0.1) is 70.2 Å². The fourth-order valence-electron chi connectivity index (χ4n) is 6.92. The molecule has 0 unspecified atom stereocenters. The summed E-state index contributed by atoms with van der Waals surface area (Å²) in [5.41, 5.74) is 1.58. The number of nitrogens with one attached hydrogen (secondary N) is 2. The highest BCUT2D eigenvalue weighted by Gasteiger charge is 2.41. The number of ether oxygens (including phenoxy) is 6. The molecule has 2 saturated heterocycles. The summed E-state index contributed by atoms with van der Waals surface area (Å²) in [7, 11) is -2.28. The summed E-state index contributed by atoms with van der Waals surface area (Å²) in [5.74, 6) is 1.22. The van der Waals surface area contributed by atoms with E-state index in [1.807, 2.05) is 0 Å². The standard InChI is InChI=1S/C34H46N4O8/c1-41-27-17-21-23(35-31(43-3)25-11-9-13-37(25)33(21)39)19-29(27)45-15-7-5-6-8-16-46-30-20-24-22(18-28(30)42-2)34(40)38-14-10-12-26(38)32(36-24)44-4/h17-20,25-26,31-32,35-36H,5-16H2,1-4H3/t25-,26-,31-,32-/m0/s1/i3D3,4D3. The molecule has 2 aromatic carbocycles. The van der Waals surface area contributed by atoms with Crippen LogP contribution in [0.1, 0.15) is 80.3 Å². The van der Waals surface area contributed by atoms with Crippen LogP contribution in [0.4, 0.5) is 11.4 Å². The van der Waals surface area contributed by atoms with Gasteiger partial charge in [0.2, 0.25) is 0 Å². The molecule has 12 nitrogen and oxygen atoms in total. The number of hydrogen-bond acceptors (Lipinski definition) is 10. The van der Waals surface area contributed by atoms with Crippen LogP contribution in [-0.2, 0) is 9.47 Å². The van der Waals surface area contributed by atoms with E-state index in [0.717, 1.165) is 38.5 Å². The summed E-state index contributed by atoms with van der Waals surface area (Å²) >= 11 is 0. The van der Waals surface area contributed by atoms with Crippen molar-refractivity contribution in [3.05, 3.63) is 35.4 Å². The Kier molecular flexibility index (Phi) is 7.81. The lowest BCUT2D eigenvalue weighted by Crippen LogP contribution is -2.44. The fourth-order valence-corrected chi connectivity index (χ4v) is 6.92. The van der Waals surface area contributed by atoms with E-state index in [1.54, 1.807) is 34.1 Å². The van der Waals surface area contributed by atoms with Crippen molar-refractivity contribution >= 4 is 23.2 Å². The molecule has 0 bridgehead atoms. The third kappa shape index (κ3) is 6.24. The van der Waals surface area contributed by atoms with Crippen molar-refractivity contribution in [3.63, 3.8) is 0 Å². The first-order chi connectivity index (χ1) is 24.8. The van der Waals surface area contributed by atoms with Crippen molar-refractivity contribution in [3.8, 4) is 23.0 Å². The number of methoxy groups -OCH3 is 4. The number of carbonyl (C=O) groups excluding carboxylic acids is 2. The van der Waals surface area contributed by atoms with Crippen molar-refractivity contribution in [2.75, 3.05) is 65.2 Å². The van der Waals surface area contributed by atoms with E-state index in [0.29, 0.717) is 84.6 Å². The van der Waals surface area contributed by atoms with E-state index in [-0.39, 0.29) is 11.8 Å². The van der Waals surface area contributed by atoms with E-state index in [1.165, 1.54) is 14.2 Å². The number of anilines is 2. The normalized spacial score (nSPS) is 25.8. The average Bonchev–Trinajstić information content (AvgIpc) is 3.74. The lowest BCUT2D eigenvalue weighted by molar-refractivity contribution is 0.0418. The number of unbranched alkanes of at least 4 members (excludes halogenated alkanes) is 3. The van der Waals surface area contributed by atoms with Gasteiger partial charge in [-0.25, -0.2) is 0 Å². The Labute approximate surface area is 279 Å². The Morgan fingerprint density at radius 2 is 1.15 bits per heavy atom. The third-order valence-corrected chi connectivity index (χ3v) is 9.29. The fraction of sp³-hybridized carbons (Fsp3) is 0.588. The number of nitrogens with zero attached hydrogens (tertiary/aromatic N) is 2. The second kappa shape index (κ2) is 14.3. The van der Waals surface area contributed by atoms with E-state index in [9.17, 15) is 9.59 Å². The van der Waals surface area contributed by atoms with Crippen LogP contribution in [0.3, 0.4) is 0 Å². The molecule has 4 atom stereocenters. The van der Waals surface area contributed by atoms with Crippen LogP contribution in [0.5, 0.6) is 23.0 Å². The van der Waals surface area contributed by atoms with Crippen LogP contribution < -0.4 is 29.6 Å². The summed E-state index contributed by atoms with van der Waals surface area (Å²) in [6.07, 6.45) is 4.08. The van der Waals surface area contributed by atoms with Crippen molar-refractivity contribution < 1.29 is 46.2 Å². The van der Waals surface area contributed by atoms with Gasteiger partial charge in [-0.05, 0) is 63.5 Å². The van der Waals surface area contributed by atoms with Gasteiger partial charge in [0.1, 0.15) is 12.5 Å². The molecule has 2 aromatic rings. The second-order valence-electron chi connectivity index (χ2n) is 12.0. The molecule has 12 heteroatoms. The Hall–Kier alpha value is -3.90. The van der Waals surface area contributed by atoms with Gasteiger partial charge in [0, 0.05) is 39.3 Å². The summed E-state index contributed by atoms with van der Waals surface area (Å²) < 4.78 is 79.9. The molecule has 2 fully saturated rings. The van der Waals surface area contributed by atoms with Crippen LogP contribution in [0.2, 0.25) is 0 Å². The predicted octanol–water partition coefficient (Wildman–Crippen LogP) is 4.73. The first-order valence-corrected chi connectivity index (χ1v) is 16.0. The summed E-state index contributed by atoms with van der Waals surface area (Å²) in [4.78, 5) is 30.2. The van der Waals surface area contributed by atoms with Crippen LogP contribution in [-0.4, -0.2) is 101 Å². The highest BCUT2D eigenvalue weighted by atomic mass is 16.5. The summed E-state index contributed by atoms with van der Waals surface area (Å²) in [5, 5.41) is 6.29. The maximum Gasteiger partial charge on any atom is 0.256 e. The average molecular weight is 645 g/mol. The maximum absolute atomic E-state index is 13.4. The minimum Gasteiger partial charge on any atom is -0.493 e. The van der Waals surface area contributed by atoms with E-state index >= 15 is 0 Å². The number of hydrogen-bond donors (Lipinski definition) is 2. The minimum atomic E-state index is -2.64. The lowest BCUT2D eigenvalue weighted by atomic mass is 10.1. The first-order valence-electron chi connectivity index (χ1n) is 19.0. The van der Waals surface area contributed by atoms with E-state index in [2.05, 4.69) is 10.6 Å². The molecule has 250 valence electrons. The minimum absolute atomic E-state index is 0.214. The topological polar surface area (TPSA) is 120 Å². The smallest absolute Gasteiger partial charge is 0.256 e. The molecule has 0 spiro atoms. The molecular formula is C34H46N4O8. The molecule has 46 heavy (non-hydrogen) atoms. The van der Waals surface area contributed by atoms with Crippen molar-refractivity contribution in [1.82, 2.24) is 9.80 Å². The molecule has 4 heterocycles. The van der Waals surface area contributed by atoms with Gasteiger partial charge in [0.25, 0.3) is 11.8 Å². The number of benzene rings is 2. The largest absolute Gasteiger partial charge is 0.493 e. The Balaban J connectivity index is 1.02. The highest BCUT2D eigenvalue weighted by Crippen LogP contribution is 2.40. The highest BCUT2D eigenvalue weighted by molar-refractivity contribution is 6.02. The van der Waals surface area contributed by atoms with Crippen molar-refractivity contribution in [2.24, 2.45) is 0 Å². The van der Waals surface area contributed by atoms with Crippen LogP contribution in [0, 0.1) is 0 Å². The van der Waals surface area contributed by atoms with Gasteiger partial charge in [0.15, 0.2) is 23.0 Å². The van der Waals surface area contributed by atoms with Gasteiger partial charge < -0.3 is 48.9 Å². The van der Waals surface area contributed by atoms with Crippen LogP contribution >= 0.6 is 0 Å². The monoisotopic (exact) mass is 644 g/mol. The number of fused-ring (bicyclic) bond motifs is 4. The SMILES string of the molecule is [2H]C([2H])([2H])O[C@@H]1Nc2cc(OCCCCCCOc3cc4c(cc3OC)C(=O)N3CCC[C@H]3[C@H](OC([2H])([2H])[2H])N4)c(OC)cc2C(=O)N2CCC[C@@H]12. The van der Waals surface area contributed by atoms with Crippen molar-refractivity contribution in [1.29, 1.82) is 0 Å². The third-order valence-electron chi connectivity index (χ3n) is 9.29. The second-order valence-corrected chi connectivity index (χ2v) is 12.0. The quantitative estimate of drug-likeness (QED) is 0.296. The number of rotatable bonds is 13. The lowest BCUT2D eigenvalue weighted by Gasteiger charge is -2.28. The molecule has 4 aliphatic heterocycles. The Morgan fingerprint density at radius 3 is 1.57 bits per heavy atom. The molecular weight excluding hydrogens is 592 g/mol. The molecule has 0 radical (unpaired) electrons. The van der Waals surface area contributed by atoms with Crippen LogP contribution in [0.15, 0.2) is 24.3 Å². The molecule has 6 rings (SSSR count). The predicted molar refractivity (Wildman–Crippen MR) is 172 cm³/mol. The summed E-state index contributed by atoms with van der Waals surface area (Å²) in [6, 6.07) is 5.75. The van der Waals surface area contributed by atoms with Gasteiger partial charge in [-0.3, -0.25) is 9.59 Å². The Bertz CT molecular complexity index is 1510. The molecule has 2 N–H and O–H groups in total. The zero-order valence-electron chi connectivity index (χ0n) is 32.3. The molecule has 0 saturated carbocycles. The number of amides is 2. The molecule has 0 aromatic heterocycles. The van der Waals surface area contributed by atoms with Gasteiger partial charge >= 0.3 is 0 Å². The maximum atomic E-state index is 13.4. The molecule has 0 aliphatic carbocycles. The Morgan fingerprint density at radius 1 is 0.696 bits per heavy atom. The molecule has 2 amide bonds. The molecule has 4 aliphatic rings. The van der Waals surface area contributed by atoms with Crippen molar-refractivity contribution in [2.45, 2.75) is 75.9 Å². The summed E-state index contributed by atoms with van der Waals surface area (Å²) in [6.45, 7) is 1.78. The number of carbonyl (C=O) groups is 2. The zero-order chi connectivity index (χ0) is 37.2. The van der Waals surface area contributed by atoms with Gasteiger partial charge in [-0.2, -0.15) is 0 Å². The first kappa shape index (κ1) is 25.2. The van der Waals surface area contributed by atoms with Gasteiger partial charge in [-0.1, -0.05) is 0 Å². The van der Waals surface area contributed by atoms with Crippen LogP contribution in [0.25, 0.3) is 0 Å². The van der Waals surface area contributed by atoms with E-state index in [4.69, 9.17) is 36.6 Å².